The van der Waals surface area contributed by atoms with Crippen molar-refractivity contribution >= 4 is 11.8 Å². The van der Waals surface area contributed by atoms with Crippen molar-refractivity contribution < 1.29 is 0 Å². The molecule has 1 aliphatic heterocycles. The maximum Gasteiger partial charge on any atom is 0.138 e. The lowest BCUT2D eigenvalue weighted by atomic mass is 10.1. The maximum absolute atomic E-state index is 4.84. The summed E-state index contributed by atoms with van der Waals surface area (Å²) in [5.41, 5.74) is 3.98. The third-order valence-corrected chi connectivity index (χ3v) is 4.63. The highest BCUT2D eigenvalue weighted by Crippen LogP contribution is 2.42. The van der Waals surface area contributed by atoms with Gasteiger partial charge in [0.15, 0.2) is 0 Å². The number of hydrogen-bond acceptors (Lipinski definition) is 4. The molecule has 0 radical (unpaired) electrons. The van der Waals surface area contributed by atoms with Gasteiger partial charge < -0.3 is 5.32 Å². The summed E-state index contributed by atoms with van der Waals surface area (Å²) in [5.74, 6) is 2.68. The van der Waals surface area contributed by atoms with Crippen LogP contribution in [0.5, 0.6) is 0 Å². The molecule has 98 valence electrons. The number of rotatable bonds is 3. The predicted octanol–water partition coefficient (Wildman–Crippen LogP) is 2.99. The zero-order valence-corrected chi connectivity index (χ0v) is 12.2. The molecular weight excluding hydrogens is 242 g/mol. The summed E-state index contributed by atoms with van der Waals surface area (Å²) in [6, 6.07) is 0. The summed E-state index contributed by atoms with van der Waals surface area (Å²) >= 11 is 1.93. The van der Waals surface area contributed by atoms with Gasteiger partial charge in [-0.3, -0.25) is 0 Å². The van der Waals surface area contributed by atoms with E-state index in [-0.39, 0.29) is 4.75 Å². The minimum atomic E-state index is 0.278. The van der Waals surface area contributed by atoms with E-state index < -0.39 is 0 Å². The van der Waals surface area contributed by atoms with Crippen molar-refractivity contribution in [2.24, 2.45) is 0 Å². The number of hydrogen-bond donors (Lipinski definition) is 1. The van der Waals surface area contributed by atoms with Crippen LogP contribution in [0.3, 0.4) is 0 Å². The molecule has 2 aliphatic rings. The van der Waals surface area contributed by atoms with Gasteiger partial charge in [-0.2, -0.15) is 0 Å². The lowest BCUT2D eigenvalue weighted by Gasteiger charge is -2.17. The van der Waals surface area contributed by atoms with Crippen LogP contribution in [-0.2, 0) is 18.8 Å². The Labute approximate surface area is 113 Å². The van der Waals surface area contributed by atoms with E-state index >= 15 is 0 Å². The molecule has 1 N–H and O–H groups in total. The van der Waals surface area contributed by atoms with Gasteiger partial charge in [-0.05, 0) is 12.8 Å². The van der Waals surface area contributed by atoms with E-state index in [1.54, 1.807) is 0 Å². The quantitative estimate of drug-likeness (QED) is 0.910. The van der Waals surface area contributed by atoms with Gasteiger partial charge in [-0.25, -0.2) is 9.97 Å². The predicted molar refractivity (Wildman–Crippen MR) is 75.6 cm³/mol. The molecular formula is C14H21N3S. The van der Waals surface area contributed by atoms with Crippen LogP contribution in [0.25, 0.3) is 0 Å². The lowest BCUT2D eigenvalue weighted by molar-refractivity contribution is 0.754. The van der Waals surface area contributed by atoms with Gasteiger partial charge in [0.1, 0.15) is 5.82 Å². The SMILES string of the molecule is CC(C)(C)SCc1nc2c(c(C3CC3)n1)CNC2. The number of thioether (sulfide) groups is 1. The zero-order valence-electron chi connectivity index (χ0n) is 11.4. The second-order valence-electron chi connectivity index (χ2n) is 6.23. The molecule has 2 heterocycles. The summed E-state index contributed by atoms with van der Waals surface area (Å²) < 4.78 is 0.278. The fraction of sp³-hybridized carbons (Fsp3) is 0.714. The first-order valence-corrected chi connectivity index (χ1v) is 7.75. The van der Waals surface area contributed by atoms with E-state index in [2.05, 4.69) is 26.1 Å². The topological polar surface area (TPSA) is 37.8 Å². The standard InChI is InChI=1S/C14H21N3S/c1-14(2,3)18-8-12-16-11-7-15-6-10(11)13(17-12)9-4-5-9/h9,15H,4-8H2,1-3H3. The van der Waals surface area contributed by atoms with Crippen LogP contribution in [0.15, 0.2) is 0 Å². The minimum Gasteiger partial charge on any atom is -0.307 e. The van der Waals surface area contributed by atoms with Crippen LogP contribution < -0.4 is 5.32 Å². The Kier molecular flexibility index (Phi) is 3.10. The molecule has 0 spiro atoms. The van der Waals surface area contributed by atoms with Crippen molar-refractivity contribution in [2.75, 3.05) is 0 Å². The molecule has 1 aromatic rings. The van der Waals surface area contributed by atoms with Crippen molar-refractivity contribution in [2.45, 2.75) is 63.1 Å². The number of nitrogens with zero attached hydrogens (tertiary/aromatic N) is 2. The molecule has 0 amide bonds. The second kappa shape index (κ2) is 4.49. The third kappa shape index (κ3) is 2.69. The molecule has 18 heavy (non-hydrogen) atoms. The zero-order chi connectivity index (χ0) is 12.8. The van der Waals surface area contributed by atoms with E-state index in [1.807, 2.05) is 11.8 Å². The van der Waals surface area contributed by atoms with Crippen molar-refractivity contribution in [1.82, 2.24) is 15.3 Å². The Morgan fingerprint density at radius 1 is 1.22 bits per heavy atom. The average Bonchev–Trinajstić information content (AvgIpc) is 3.03. The van der Waals surface area contributed by atoms with Crippen LogP contribution in [-0.4, -0.2) is 14.7 Å². The summed E-state index contributed by atoms with van der Waals surface area (Å²) in [6.07, 6.45) is 2.63. The molecule has 0 bridgehead atoms. The summed E-state index contributed by atoms with van der Waals surface area (Å²) in [4.78, 5) is 9.57. The van der Waals surface area contributed by atoms with Gasteiger partial charge in [-0.1, -0.05) is 20.8 Å². The molecule has 3 nitrogen and oxygen atoms in total. The van der Waals surface area contributed by atoms with Crippen LogP contribution >= 0.6 is 11.8 Å². The van der Waals surface area contributed by atoms with E-state index in [1.165, 1.54) is 29.8 Å². The molecule has 3 rings (SSSR count). The highest BCUT2D eigenvalue weighted by molar-refractivity contribution is 7.99. The Hall–Kier alpha value is -0.610. The molecule has 0 atom stereocenters. The Morgan fingerprint density at radius 2 is 2.00 bits per heavy atom. The fourth-order valence-electron chi connectivity index (χ4n) is 2.29. The van der Waals surface area contributed by atoms with E-state index in [0.717, 1.165) is 30.6 Å². The van der Waals surface area contributed by atoms with Gasteiger partial charge in [0.2, 0.25) is 0 Å². The van der Waals surface area contributed by atoms with Gasteiger partial charge in [0, 0.05) is 29.3 Å². The van der Waals surface area contributed by atoms with Gasteiger partial charge in [0.25, 0.3) is 0 Å². The van der Waals surface area contributed by atoms with Gasteiger partial charge in [-0.15, -0.1) is 11.8 Å². The Balaban J connectivity index is 1.85. The molecule has 4 heteroatoms. The van der Waals surface area contributed by atoms with E-state index in [0.29, 0.717) is 0 Å². The molecule has 0 saturated heterocycles. The molecule has 0 aromatic carbocycles. The van der Waals surface area contributed by atoms with Crippen LogP contribution in [0, 0.1) is 0 Å². The van der Waals surface area contributed by atoms with Crippen molar-refractivity contribution in [3.05, 3.63) is 22.8 Å². The molecule has 0 unspecified atom stereocenters. The molecule has 1 aliphatic carbocycles. The smallest absolute Gasteiger partial charge is 0.138 e. The van der Waals surface area contributed by atoms with Crippen LogP contribution in [0.4, 0.5) is 0 Å². The average molecular weight is 263 g/mol. The first kappa shape index (κ1) is 12.4. The maximum atomic E-state index is 4.84. The lowest BCUT2D eigenvalue weighted by Crippen LogP contribution is -2.10. The first-order valence-electron chi connectivity index (χ1n) is 6.76. The Morgan fingerprint density at radius 3 is 2.67 bits per heavy atom. The molecule has 1 fully saturated rings. The van der Waals surface area contributed by atoms with Gasteiger partial charge in [0.05, 0.1) is 17.1 Å². The second-order valence-corrected chi connectivity index (χ2v) is 8.03. The fourth-order valence-corrected chi connectivity index (χ4v) is 2.98. The van der Waals surface area contributed by atoms with E-state index in [9.17, 15) is 0 Å². The number of aromatic nitrogens is 2. The highest BCUT2D eigenvalue weighted by atomic mass is 32.2. The monoisotopic (exact) mass is 263 g/mol. The number of fused-ring (bicyclic) bond motifs is 1. The van der Waals surface area contributed by atoms with Crippen LogP contribution in [0.2, 0.25) is 0 Å². The van der Waals surface area contributed by atoms with Crippen molar-refractivity contribution in [1.29, 1.82) is 0 Å². The third-order valence-electron chi connectivity index (χ3n) is 3.36. The minimum absolute atomic E-state index is 0.278. The largest absolute Gasteiger partial charge is 0.307 e. The van der Waals surface area contributed by atoms with Crippen molar-refractivity contribution in [3.63, 3.8) is 0 Å². The van der Waals surface area contributed by atoms with E-state index in [4.69, 9.17) is 9.97 Å². The van der Waals surface area contributed by atoms with Gasteiger partial charge >= 0.3 is 0 Å². The summed E-state index contributed by atoms with van der Waals surface area (Å²) in [7, 11) is 0. The highest BCUT2D eigenvalue weighted by Gasteiger charge is 2.31. The molecule has 1 aromatic heterocycles. The summed E-state index contributed by atoms with van der Waals surface area (Å²) in [6.45, 7) is 8.62. The Bertz CT molecular complexity index is 461. The first-order chi connectivity index (χ1) is 8.53. The normalized spacial score (nSPS) is 19.1. The molecule has 1 saturated carbocycles. The van der Waals surface area contributed by atoms with Crippen molar-refractivity contribution in [3.8, 4) is 0 Å². The van der Waals surface area contributed by atoms with Crippen LogP contribution in [0.1, 0.15) is 62.3 Å². The summed E-state index contributed by atoms with van der Waals surface area (Å²) in [5, 5.41) is 3.40. The number of nitrogens with one attached hydrogen (secondary N) is 1.